The van der Waals surface area contributed by atoms with E-state index in [1.54, 1.807) is 25.4 Å². The zero-order valence-electron chi connectivity index (χ0n) is 11.6. The molecule has 0 fully saturated rings. The van der Waals surface area contributed by atoms with Gasteiger partial charge in [0.1, 0.15) is 5.56 Å². The molecule has 106 valence electrons. The zero-order valence-corrected chi connectivity index (χ0v) is 12.4. The van der Waals surface area contributed by atoms with Crippen LogP contribution in [0.15, 0.2) is 17.0 Å². The van der Waals surface area contributed by atoms with Gasteiger partial charge in [-0.1, -0.05) is 0 Å². The number of hydrogen-bond donors (Lipinski definition) is 2. The average Bonchev–Trinajstić information content (AvgIpc) is 2.96. The van der Waals surface area contributed by atoms with Crippen LogP contribution in [0.2, 0.25) is 0 Å². The molecular weight excluding hydrogens is 276 g/mol. The summed E-state index contributed by atoms with van der Waals surface area (Å²) in [6.45, 7) is 5.67. The lowest BCUT2D eigenvalue weighted by atomic mass is 10.2. The van der Waals surface area contributed by atoms with Crippen molar-refractivity contribution in [2.45, 2.75) is 20.8 Å². The van der Waals surface area contributed by atoms with Crippen molar-refractivity contribution in [3.8, 4) is 0 Å². The first-order chi connectivity index (χ1) is 9.54. The maximum atomic E-state index is 12.2. The molecule has 0 radical (unpaired) electrons. The third kappa shape index (κ3) is 2.75. The molecule has 0 aliphatic heterocycles. The van der Waals surface area contributed by atoms with Crippen molar-refractivity contribution >= 4 is 28.9 Å². The summed E-state index contributed by atoms with van der Waals surface area (Å²) in [5.41, 5.74) is 3.01. The Bertz CT molecular complexity index is 643. The molecule has 2 aromatic heterocycles. The Hall–Kier alpha value is -2.08. The topological polar surface area (TPSA) is 71.2 Å². The molecular formula is C14H16N2O3S. The van der Waals surface area contributed by atoms with Crippen LogP contribution in [0.1, 0.15) is 38.9 Å². The maximum absolute atomic E-state index is 12.2. The monoisotopic (exact) mass is 292 g/mol. The lowest BCUT2D eigenvalue weighted by Gasteiger charge is -2.07. The quantitative estimate of drug-likeness (QED) is 0.850. The van der Waals surface area contributed by atoms with Gasteiger partial charge >= 0.3 is 5.97 Å². The average molecular weight is 292 g/mol. The molecule has 0 aliphatic rings. The van der Waals surface area contributed by atoms with Gasteiger partial charge in [-0.2, -0.15) is 11.3 Å². The normalized spacial score (nSPS) is 10.3. The molecule has 0 saturated heterocycles. The number of aromatic amines is 1. The molecule has 2 heterocycles. The Balaban J connectivity index is 2.24. The minimum absolute atomic E-state index is 0.228. The standard InChI is InChI=1S/C14H16N2O3S/c1-4-19-14(18)12-9(3)15-5-11(12)16-13(17)10-7-20-6-8(10)2/h5-7,15H,4H2,1-3H3,(H,16,17). The number of nitrogens with one attached hydrogen (secondary N) is 2. The lowest BCUT2D eigenvalue weighted by molar-refractivity contribution is 0.0527. The summed E-state index contributed by atoms with van der Waals surface area (Å²) in [4.78, 5) is 27.0. The molecule has 20 heavy (non-hydrogen) atoms. The van der Waals surface area contributed by atoms with Crippen LogP contribution >= 0.6 is 11.3 Å². The Morgan fingerprint density at radius 2 is 2.10 bits per heavy atom. The van der Waals surface area contributed by atoms with E-state index < -0.39 is 5.97 Å². The molecule has 0 bridgehead atoms. The Morgan fingerprint density at radius 3 is 2.70 bits per heavy atom. The first-order valence-corrected chi connectivity index (χ1v) is 7.18. The molecule has 0 spiro atoms. The summed E-state index contributed by atoms with van der Waals surface area (Å²) in [5, 5.41) is 6.44. The van der Waals surface area contributed by atoms with E-state index in [9.17, 15) is 9.59 Å². The van der Waals surface area contributed by atoms with Crippen molar-refractivity contribution in [1.29, 1.82) is 0 Å². The predicted molar refractivity (Wildman–Crippen MR) is 78.5 cm³/mol. The van der Waals surface area contributed by atoms with Crippen LogP contribution in [0, 0.1) is 13.8 Å². The van der Waals surface area contributed by atoms with Gasteiger partial charge in [-0.05, 0) is 31.7 Å². The number of rotatable bonds is 4. The van der Waals surface area contributed by atoms with E-state index in [1.807, 2.05) is 12.3 Å². The number of thiophene rings is 1. The number of ether oxygens (including phenoxy) is 1. The van der Waals surface area contributed by atoms with Crippen molar-refractivity contribution < 1.29 is 14.3 Å². The minimum Gasteiger partial charge on any atom is -0.462 e. The number of anilines is 1. The highest BCUT2D eigenvalue weighted by atomic mass is 32.1. The first kappa shape index (κ1) is 14.3. The predicted octanol–water partition coefficient (Wildman–Crippen LogP) is 3.12. The van der Waals surface area contributed by atoms with E-state index in [0.29, 0.717) is 29.1 Å². The number of carbonyl (C=O) groups excluding carboxylic acids is 2. The van der Waals surface area contributed by atoms with E-state index in [0.717, 1.165) is 5.56 Å². The molecule has 0 aromatic carbocycles. The van der Waals surface area contributed by atoms with Crippen molar-refractivity contribution in [2.75, 3.05) is 11.9 Å². The van der Waals surface area contributed by atoms with Crippen LogP contribution in [-0.2, 0) is 4.74 Å². The second kappa shape index (κ2) is 5.92. The van der Waals surface area contributed by atoms with Crippen molar-refractivity contribution in [1.82, 2.24) is 4.98 Å². The molecule has 2 rings (SSSR count). The van der Waals surface area contributed by atoms with Crippen LogP contribution < -0.4 is 5.32 Å². The van der Waals surface area contributed by atoms with Gasteiger partial charge < -0.3 is 15.0 Å². The molecule has 0 aliphatic carbocycles. The second-order valence-electron chi connectivity index (χ2n) is 4.35. The van der Waals surface area contributed by atoms with Gasteiger partial charge in [0.15, 0.2) is 0 Å². The maximum Gasteiger partial charge on any atom is 0.342 e. The van der Waals surface area contributed by atoms with Crippen molar-refractivity contribution in [2.24, 2.45) is 0 Å². The van der Waals surface area contributed by atoms with Crippen LogP contribution in [0.25, 0.3) is 0 Å². The van der Waals surface area contributed by atoms with Crippen molar-refractivity contribution in [3.63, 3.8) is 0 Å². The molecule has 1 amide bonds. The second-order valence-corrected chi connectivity index (χ2v) is 5.09. The highest BCUT2D eigenvalue weighted by Gasteiger charge is 2.20. The van der Waals surface area contributed by atoms with Crippen molar-refractivity contribution in [3.05, 3.63) is 39.3 Å². The Labute approximate surface area is 121 Å². The zero-order chi connectivity index (χ0) is 14.7. The summed E-state index contributed by atoms with van der Waals surface area (Å²) < 4.78 is 5.00. The largest absolute Gasteiger partial charge is 0.462 e. The lowest BCUT2D eigenvalue weighted by Crippen LogP contribution is -2.15. The highest BCUT2D eigenvalue weighted by Crippen LogP contribution is 2.22. The summed E-state index contributed by atoms with van der Waals surface area (Å²) >= 11 is 1.47. The number of amides is 1. The van der Waals surface area contributed by atoms with Gasteiger partial charge in [0, 0.05) is 17.3 Å². The van der Waals surface area contributed by atoms with Gasteiger partial charge in [0.05, 0.1) is 17.9 Å². The third-order valence-electron chi connectivity index (χ3n) is 2.91. The van der Waals surface area contributed by atoms with E-state index in [4.69, 9.17) is 4.74 Å². The first-order valence-electron chi connectivity index (χ1n) is 6.23. The van der Waals surface area contributed by atoms with Gasteiger partial charge in [-0.3, -0.25) is 4.79 Å². The summed E-state index contributed by atoms with van der Waals surface area (Å²) in [5.74, 6) is -0.670. The number of esters is 1. The van der Waals surface area contributed by atoms with Crippen LogP contribution in [0.4, 0.5) is 5.69 Å². The van der Waals surface area contributed by atoms with Crippen LogP contribution in [0.5, 0.6) is 0 Å². The number of aromatic nitrogens is 1. The fourth-order valence-corrected chi connectivity index (χ4v) is 2.70. The third-order valence-corrected chi connectivity index (χ3v) is 3.77. The molecule has 2 aromatic rings. The van der Waals surface area contributed by atoms with Gasteiger partial charge in [-0.25, -0.2) is 4.79 Å². The number of carbonyl (C=O) groups is 2. The molecule has 6 heteroatoms. The number of H-pyrrole nitrogens is 1. The molecule has 0 unspecified atom stereocenters. The SMILES string of the molecule is CCOC(=O)c1c(NC(=O)c2cscc2C)c[nH]c1C. The van der Waals surface area contributed by atoms with Gasteiger partial charge in [0.25, 0.3) is 5.91 Å². The summed E-state index contributed by atoms with van der Waals surface area (Å²) in [6.07, 6.45) is 1.60. The van der Waals surface area contributed by atoms with Gasteiger partial charge in [-0.15, -0.1) is 0 Å². The molecule has 2 N–H and O–H groups in total. The Morgan fingerprint density at radius 1 is 1.35 bits per heavy atom. The van der Waals surface area contributed by atoms with Crippen LogP contribution in [0.3, 0.4) is 0 Å². The summed E-state index contributed by atoms with van der Waals surface area (Å²) in [6, 6.07) is 0. The molecule has 0 saturated carbocycles. The highest BCUT2D eigenvalue weighted by molar-refractivity contribution is 7.08. The Kier molecular flexibility index (Phi) is 4.24. The van der Waals surface area contributed by atoms with E-state index in [2.05, 4.69) is 10.3 Å². The minimum atomic E-state index is -0.441. The smallest absolute Gasteiger partial charge is 0.342 e. The van der Waals surface area contributed by atoms with E-state index >= 15 is 0 Å². The fraction of sp³-hybridized carbons (Fsp3) is 0.286. The van der Waals surface area contributed by atoms with Gasteiger partial charge in [0.2, 0.25) is 0 Å². The summed E-state index contributed by atoms with van der Waals surface area (Å²) in [7, 11) is 0. The van der Waals surface area contributed by atoms with Crippen LogP contribution in [-0.4, -0.2) is 23.5 Å². The van der Waals surface area contributed by atoms with E-state index in [-0.39, 0.29) is 5.91 Å². The fourth-order valence-electron chi connectivity index (χ4n) is 1.87. The molecule has 5 nitrogen and oxygen atoms in total. The molecule has 0 atom stereocenters. The number of aryl methyl sites for hydroxylation is 2. The number of hydrogen-bond acceptors (Lipinski definition) is 4. The van der Waals surface area contributed by atoms with E-state index in [1.165, 1.54) is 11.3 Å².